The van der Waals surface area contributed by atoms with Gasteiger partial charge in [-0.25, -0.2) is 0 Å². The third-order valence-electron chi connectivity index (χ3n) is 2.97. The van der Waals surface area contributed by atoms with Crippen molar-refractivity contribution in [1.29, 1.82) is 5.26 Å². The second-order valence-electron chi connectivity index (χ2n) is 4.36. The molecule has 0 aliphatic carbocycles. The van der Waals surface area contributed by atoms with E-state index >= 15 is 0 Å². The highest BCUT2D eigenvalue weighted by molar-refractivity contribution is 5.94. The van der Waals surface area contributed by atoms with Crippen molar-refractivity contribution < 1.29 is 14.7 Å². The fourth-order valence-electron chi connectivity index (χ4n) is 1.98. The van der Waals surface area contributed by atoms with Crippen molar-refractivity contribution in [3.63, 3.8) is 0 Å². The third-order valence-corrected chi connectivity index (χ3v) is 2.97. The number of likely N-dealkylation sites (tertiary alicyclic amines) is 1. The first-order valence-electron chi connectivity index (χ1n) is 5.61. The molecule has 5 nitrogen and oxygen atoms in total. The van der Waals surface area contributed by atoms with E-state index in [1.807, 2.05) is 6.07 Å². The van der Waals surface area contributed by atoms with Crippen LogP contribution in [-0.4, -0.2) is 35.0 Å². The van der Waals surface area contributed by atoms with Crippen molar-refractivity contribution in [3.05, 3.63) is 35.4 Å². The number of hydrogen-bond donors (Lipinski definition) is 1. The van der Waals surface area contributed by atoms with E-state index in [1.54, 1.807) is 29.2 Å². The van der Waals surface area contributed by atoms with Gasteiger partial charge in [-0.15, -0.1) is 0 Å². The van der Waals surface area contributed by atoms with Crippen molar-refractivity contribution in [1.82, 2.24) is 4.90 Å². The number of amides is 1. The minimum absolute atomic E-state index is 0.0600. The van der Waals surface area contributed by atoms with Gasteiger partial charge in [0.25, 0.3) is 5.91 Å². The zero-order valence-corrected chi connectivity index (χ0v) is 9.67. The largest absolute Gasteiger partial charge is 0.481 e. The van der Waals surface area contributed by atoms with Crippen LogP contribution in [0, 0.1) is 17.2 Å². The average Bonchev–Trinajstić information content (AvgIpc) is 2.32. The summed E-state index contributed by atoms with van der Waals surface area (Å²) in [5.41, 5.74) is 1.04. The number of nitrogens with zero attached hydrogens (tertiary/aromatic N) is 2. The van der Waals surface area contributed by atoms with Crippen molar-refractivity contribution in [3.8, 4) is 6.07 Å². The molecule has 1 heterocycles. The first-order valence-corrected chi connectivity index (χ1v) is 5.61. The molecule has 1 N–H and O–H groups in total. The fourth-order valence-corrected chi connectivity index (χ4v) is 1.98. The summed E-state index contributed by atoms with van der Waals surface area (Å²) in [7, 11) is 0. The maximum Gasteiger partial charge on any atom is 0.303 e. The van der Waals surface area contributed by atoms with Crippen LogP contribution >= 0.6 is 0 Å². The summed E-state index contributed by atoms with van der Waals surface area (Å²) in [6.07, 6.45) is 0.108. The van der Waals surface area contributed by atoms with Crippen molar-refractivity contribution in [2.45, 2.75) is 6.42 Å². The summed E-state index contributed by atoms with van der Waals surface area (Å²) in [4.78, 5) is 24.1. The molecule has 1 aliphatic rings. The molecule has 1 aliphatic heterocycles. The molecule has 1 fully saturated rings. The number of carbonyl (C=O) groups excluding carboxylic acids is 1. The van der Waals surface area contributed by atoms with Gasteiger partial charge in [0.1, 0.15) is 0 Å². The summed E-state index contributed by atoms with van der Waals surface area (Å²) in [5, 5.41) is 17.3. The number of aliphatic carboxylic acids is 1. The summed E-state index contributed by atoms with van der Waals surface area (Å²) >= 11 is 0. The van der Waals surface area contributed by atoms with Crippen LogP contribution in [-0.2, 0) is 4.79 Å². The molecule has 1 aromatic rings. The van der Waals surface area contributed by atoms with E-state index in [0.717, 1.165) is 0 Å². The van der Waals surface area contributed by atoms with Gasteiger partial charge >= 0.3 is 5.97 Å². The first kappa shape index (κ1) is 12.1. The Balaban J connectivity index is 1.93. The molecular formula is C13H12N2O3. The lowest BCUT2D eigenvalue weighted by Crippen LogP contribution is -2.50. The predicted octanol–water partition coefficient (Wildman–Crippen LogP) is 1.10. The second-order valence-corrected chi connectivity index (χ2v) is 4.36. The molecule has 1 saturated heterocycles. The number of carboxylic acids is 1. The van der Waals surface area contributed by atoms with Crippen LogP contribution in [0.15, 0.2) is 24.3 Å². The van der Waals surface area contributed by atoms with Crippen LogP contribution < -0.4 is 0 Å². The van der Waals surface area contributed by atoms with Gasteiger partial charge in [0.2, 0.25) is 0 Å². The highest BCUT2D eigenvalue weighted by Gasteiger charge is 2.32. The van der Waals surface area contributed by atoms with Gasteiger partial charge in [-0.05, 0) is 24.3 Å². The van der Waals surface area contributed by atoms with Gasteiger partial charge < -0.3 is 10.0 Å². The Kier molecular flexibility index (Phi) is 3.28. The van der Waals surface area contributed by atoms with Gasteiger partial charge in [0.15, 0.2) is 0 Å². The topological polar surface area (TPSA) is 81.4 Å². The quantitative estimate of drug-likeness (QED) is 0.863. The predicted molar refractivity (Wildman–Crippen MR) is 62.8 cm³/mol. The molecule has 0 atom stereocenters. The van der Waals surface area contributed by atoms with Crippen molar-refractivity contribution in [2.75, 3.05) is 13.1 Å². The minimum Gasteiger partial charge on any atom is -0.481 e. The number of carbonyl (C=O) groups is 2. The Morgan fingerprint density at radius 1 is 1.33 bits per heavy atom. The lowest BCUT2D eigenvalue weighted by molar-refractivity contribution is -0.139. The molecule has 2 rings (SSSR count). The van der Waals surface area contributed by atoms with Crippen LogP contribution in [0.2, 0.25) is 0 Å². The maximum atomic E-state index is 12.0. The lowest BCUT2D eigenvalue weighted by Gasteiger charge is -2.38. The van der Waals surface area contributed by atoms with Crippen LogP contribution in [0.1, 0.15) is 22.3 Å². The molecule has 1 aromatic carbocycles. The highest BCUT2D eigenvalue weighted by atomic mass is 16.4. The van der Waals surface area contributed by atoms with Crippen molar-refractivity contribution >= 4 is 11.9 Å². The number of benzene rings is 1. The van der Waals surface area contributed by atoms with Crippen LogP contribution in [0.4, 0.5) is 0 Å². The van der Waals surface area contributed by atoms with Gasteiger partial charge in [-0.1, -0.05) is 0 Å². The molecule has 92 valence electrons. The van der Waals surface area contributed by atoms with E-state index in [1.165, 1.54) is 0 Å². The molecule has 0 unspecified atom stereocenters. The van der Waals surface area contributed by atoms with Gasteiger partial charge in [-0.2, -0.15) is 5.26 Å². The van der Waals surface area contributed by atoms with Crippen molar-refractivity contribution in [2.24, 2.45) is 5.92 Å². The monoisotopic (exact) mass is 244 g/mol. The fraction of sp³-hybridized carbons (Fsp3) is 0.308. The van der Waals surface area contributed by atoms with E-state index < -0.39 is 5.97 Å². The molecule has 0 radical (unpaired) electrons. The summed E-state index contributed by atoms with van der Waals surface area (Å²) in [6, 6.07) is 8.42. The lowest BCUT2D eigenvalue weighted by atomic mass is 9.95. The normalized spacial score (nSPS) is 14.7. The van der Waals surface area contributed by atoms with E-state index in [4.69, 9.17) is 10.4 Å². The second kappa shape index (κ2) is 4.88. The standard InChI is InChI=1S/C13H12N2O3/c14-6-9-1-3-11(4-2-9)13(18)15-7-10(8-15)5-12(16)17/h1-4,10H,5,7-8H2,(H,16,17). The minimum atomic E-state index is -0.828. The highest BCUT2D eigenvalue weighted by Crippen LogP contribution is 2.21. The Morgan fingerprint density at radius 3 is 2.44 bits per heavy atom. The van der Waals surface area contributed by atoms with Crippen LogP contribution in [0.5, 0.6) is 0 Å². The molecule has 18 heavy (non-hydrogen) atoms. The Bertz CT molecular complexity index is 510. The zero-order valence-electron chi connectivity index (χ0n) is 9.67. The van der Waals surface area contributed by atoms with Crippen LogP contribution in [0.25, 0.3) is 0 Å². The summed E-state index contributed by atoms with van der Waals surface area (Å²) < 4.78 is 0. The van der Waals surface area contributed by atoms with Gasteiger partial charge in [0, 0.05) is 24.6 Å². The average molecular weight is 244 g/mol. The molecule has 1 amide bonds. The van der Waals surface area contributed by atoms with Gasteiger partial charge in [-0.3, -0.25) is 9.59 Å². The molecule has 0 saturated carbocycles. The van der Waals surface area contributed by atoms with E-state index in [-0.39, 0.29) is 18.2 Å². The molecule has 0 spiro atoms. The van der Waals surface area contributed by atoms with E-state index in [9.17, 15) is 9.59 Å². The Hall–Kier alpha value is -2.35. The van der Waals surface area contributed by atoms with Crippen LogP contribution in [0.3, 0.4) is 0 Å². The molecular weight excluding hydrogens is 232 g/mol. The molecule has 0 bridgehead atoms. The summed E-state index contributed by atoms with van der Waals surface area (Å²) in [6.45, 7) is 0.982. The zero-order chi connectivity index (χ0) is 13.1. The van der Waals surface area contributed by atoms with E-state index in [2.05, 4.69) is 0 Å². The number of hydrogen-bond acceptors (Lipinski definition) is 3. The summed E-state index contributed by atoms with van der Waals surface area (Å²) in [5.74, 6) is -0.878. The Labute approximate surface area is 104 Å². The smallest absolute Gasteiger partial charge is 0.303 e. The molecule has 0 aromatic heterocycles. The number of rotatable bonds is 3. The van der Waals surface area contributed by atoms with E-state index in [0.29, 0.717) is 24.2 Å². The molecule has 5 heteroatoms. The Morgan fingerprint density at radius 2 is 1.94 bits per heavy atom. The first-order chi connectivity index (χ1) is 8.60. The number of carboxylic acid groups (broad SMARTS) is 1. The third kappa shape index (κ3) is 2.48. The maximum absolute atomic E-state index is 12.0. The number of nitriles is 1. The SMILES string of the molecule is N#Cc1ccc(C(=O)N2CC(CC(=O)O)C2)cc1. The van der Waals surface area contributed by atoms with Gasteiger partial charge in [0.05, 0.1) is 18.1 Å².